The first kappa shape index (κ1) is 22.8. The zero-order valence-corrected chi connectivity index (χ0v) is 18.0. The molecule has 31 heavy (non-hydrogen) atoms. The number of thioether (sulfide) groups is 1. The lowest BCUT2D eigenvalue weighted by Gasteiger charge is -2.24. The third-order valence-corrected chi connectivity index (χ3v) is 6.14. The van der Waals surface area contributed by atoms with Gasteiger partial charge in [-0.15, -0.1) is 11.8 Å². The van der Waals surface area contributed by atoms with Crippen LogP contribution in [0.25, 0.3) is 0 Å². The molecule has 1 saturated heterocycles. The number of carboxylic acid groups (broad SMARTS) is 1. The monoisotopic (exact) mass is 441 g/mol. The Kier molecular flexibility index (Phi) is 8.08. The smallest absolute Gasteiger partial charge is 0.307 e. The minimum Gasteiger partial charge on any atom is -0.481 e. The average molecular weight is 442 g/mol. The summed E-state index contributed by atoms with van der Waals surface area (Å²) in [7, 11) is 0. The minimum absolute atomic E-state index is 0.0323. The second-order valence-corrected chi connectivity index (χ2v) is 8.64. The van der Waals surface area contributed by atoms with Crippen LogP contribution >= 0.6 is 11.8 Å². The van der Waals surface area contributed by atoms with Crippen molar-refractivity contribution in [3.8, 4) is 0 Å². The number of hydrogen-bond donors (Lipinski definition) is 3. The van der Waals surface area contributed by atoms with E-state index in [4.69, 9.17) is 10.8 Å². The van der Waals surface area contributed by atoms with Crippen molar-refractivity contribution in [1.82, 2.24) is 10.2 Å². The van der Waals surface area contributed by atoms with Crippen LogP contribution in [-0.4, -0.2) is 51.5 Å². The second kappa shape index (κ2) is 11.0. The van der Waals surface area contributed by atoms with Gasteiger partial charge in [-0.25, -0.2) is 0 Å². The van der Waals surface area contributed by atoms with Gasteiger partial charge in [0.25, 0.3) is 0 Å². The summed E-state index contributed by atoms with van der Waals surface area (Å²) in [4.78, 5) is 37.8. The number of benzene rings is 2. The maximum atomic E-state index is 12.8. The molecule has 1 fully saturated rings. The zero-order chi connectivity index (χ0) is 22.2. The van der Waals surface area contributed by atoms with E-state index in [-0.39, 0.29) is 30.7 Å². The van der Waals surface area contributed by atoms with Crippen LogP contribution in [0.3, 0.4) is 0 Å². The minimum atomic E-state index is -0.881. The average Bonchev–Trinajstić information content (AvgIpc) is 3.23. The number of amides is 2. The van der Waals surface area contributed by atoms with Gasteiger partial charge in [-0.3, -0.25) is 14.4 Å². The van der Waals surface area contributed by atoms with Gasteiger partial charge in [-0.05, 0) is 23.1 Å². The summed E-state index contributed by atoms with van der Waals surface area (Å²) >= 11 is 1.56. The number of aliphatic carboxylic acids is 1. The van der Waals surface area contributed by atoms with Gasteiger partial charge in [0.1, 0.15) is 6.04 Å². The third-order valence-electron chi connectivity index (χ3n) is 5.13. The fraction of sp³-hybridized carbons (Fsp3) is 0.348. The van der Waals surface area contributed by atoms with Gasteiger partial charge in [0.15, 0.2) is 0 Å². The van der Waals surface area contributed by atoms with Crippen molar-refractivity contribution < 1.29 is 19.5 Å². The molecule has 2 aromatic carbocycles. The van der Waals surface area contributed by atoms with Gasteiger partial charge in [-0.1, -0.05) is 54.6 Å². The summed E-state index contributed by atoms with van der Waals surface area (Å²) in [6, 6.07) is 16.1. The van der Waals surface area contributed by atoms with E-state index >= 15 is 0 Å². The van der Waals surface area contributed by atoms with Crippen molar-refractivity contribution in [3.05, 3.63) is 71.3 Å². The number of carboxylic acids is 1. The normalized spacial score (nSPS) is 16.7. The molecule has 0 spiro atoms. The van der Waals surface area contributed by atoms with E-state index in [1.165, 1.54) is 0 Å². The number of carbonyl (C=O) groups is 3. The first-order valence-corrected chi connectivity index (χ1v) is 11.3. The lowest BCUT2D eigenvalue weighted by atomic mass is 10.0. The van der Waals surface area contributed by atoms with Crippen molar-refractivity contribution in [2.75, 3.05) is 11.6 Å². The molecule has 7 nitrogen and oxygen atoms in total. The van der Waals surface area contributed by atoms with E-state index in [2.05, 4.69) is 5.32 Å². The lowest BCUT2D eigenvalue weighted by Crippen LogP contribution is -2.48. The third kappa shape index (κ3) is 6.83. The van der Waals surface area contributed by atoms with Gasteiger partial charge in [-0.2, -0.15) is 0 Å². The highest BCUT2D eigenvalue weighted by molar-refractivity contribution is 7.99. The fourth-order valence-electron chi connectivity index (χ4n) is 3.49. The van der Waals surface area contributed by atoms with Crippen LogP contribution in [0.2, 0.25) is 0 Å². The van der Waals surface area contributed by atoms with Crippen molar-refractivity contribution >= 4 is 29.5 Å². The molecule has 0 aromatic heterocycles. The quantitative estimate of drug-likeness (QED) is 0.547. The lowest BCUT2D eigenvalue weighted by molar-refractivity contribution is -0.138. The number of nitrogens with one attached hydrogen (secondary N) is 1. The Morgan fingerprint density at radius 3 is 2.42 bits per heavy atom. The maximum absolute atomic E-state index is 12.8. The van der Waals surface area contributed by atoms with Gasteiger partial charge in [0.2, 0.25) is 11.8 Å². The fourth-order valence-corrected chi connectivity index (χ4v) is 4.67. The standard InChI is InChI=1S/C23H27N3O4S/c24-19(10-16-4-2-1-3-5-16)12-21(27)26-15-31-14-20(26)23(30)25-13-18-8-6-17(7-9-18)11-22(28)29/h1-9,19-20H,10-15,24H2,(H,25,30)(H,28,29)/t19-,20+/m1/s1. The number of rotatable bonds is 9. The predicted molar refractivity (Wildman–Crippen MR) is 120 cm³/mol. The molecule has 0 radical (unpaired) electrons. The summed E-state index contributed by atoms with van der Waals surface area (Å²) < 4.78 is 0. The number of carbonyl (C=O) groups excluding carboxylic acids is 2. The Bertz CT molecular complexity index is 905. The first-order chi connectivity index (χ1) is 14.9. The van der Waals surface area contributed by atoms with Crippen LogP contribution in [0.1, 0.15) is 23.1 Å². The molecule has 0 aliphatic carbocycles. The molecule has 2 aromatic rings. The van der Waals surface area contributed by atoms with Crippen molar-refractivity contribution in [2.24, 2.45) is 5.73 Å². The Morgan fingerprint density at radius 2 is 1.74 bits per heavy atom. The molecule has 3 rings (SSSR count). The molecule has 2 atom stereocenters. The summed E-state index contributed by atoms with van der Waals surface area (Å²) in [5.41, 5.74) is 8.84. The molecular formula is C23H27N3O4S. The van der Waals surface area contributed by atoms with Crippen LogP contribution in [0.15, 0.2) is 54.6 Å². The van der Waals surface area contributed by atoms with Gasteiger partial charge < -0.3 is 21.1 Å². The Balaban J connectivity index is 1.50. The van der Waals surface area contributed by atoms with Crippen LogP contribution in [0.4, 0.5) is 0 Å². The zero-order valence-electron chi connectivity index (χ0n) is 17.2. The summed E-state index contributed by atoms with van der Waals surface area (Å²) in [6.45, 7) is 0.322. The summed E-state index contributed by atoms with van der Waals surface area (Å²) in [5, 5.41) is 11.7. The largest absolute Gasteiger partial charge is 0.481 e. The molecule has 2 amide bonds. The predicted octanol–water partition coefficient (Wildman–Crippen LogP) is 1.79. The Labute approximate surface area is 186 Å². The highest BCUT2D eigenvalue weighted by atomic mass is 32.2. The Hall–Kier alpha value is -2.84. The highest BCUT2D eigenvalue weighted by Crippen LogP contribution is 2.22. The maximum Gasteiger partial charge on any atom is 0.307 e. The van der Waals surface area contributed by atoms with E-state index in [1.54, 1.807) is 40.9 Å². The summed E-state index contributed by atoms with van der Waals surface area (Å²) in [6.07, 6.45) is 0.780. The van der Waals surface area contributed by atoms with E-state index < -0.39 is 12.0 Å². The molecule has 0 unspecified atom stereocenters. The van der Waals surface area contributed by atoms with Crippen molar-refractivity contribution in [3.63, 3.8) is 0 Å². The SMILES string of the molecule is N[C@@H](CC(=O)N1CSC[C@H]1C(=O)NCc1ccc(CC(=O)O)cc1)Cc1ccccc1. The molecule has 1 aliphatic heterocycles. The molecule has 8 heteroatoms. The molecule has 0 saturated carbocycles. The van der Waals surface area contributed by atoms with E-state index in [9.17, 15) is 14.4 Å². The molecule has 164 valence electrons. The number of nitrogens with two attached hydrogens (primary N) is 1. The second-order valence-electron chi connectivity index (χ2n) is 7.64. The molecular weight excluding hydrogens is 414 g/mol. The van der Waals surface area contributed by atoms with E-state index in [1.807, 2.05) is 30.3 Å². The molecule has 1 heterocycles. The van der Waals surface area contributed by atoms with Crippen LogP contribution in [-0.2, 0) is 33.8 Å². The van der Waals surface area contributed by atoms with Crippen LogP contribution in [0.5, 0.6) is 0 Å². The van der Waals surface area contributed by atoms with Gasteiger partial charge in [0.05, 0.1) is 12.3 Å². The van der Waals surface area contributed by atoms with Crippen LogP contribution < -0.4 is 11.1 Å². The van der Waals surface area contributed by atoms with Gasteiger partial charge in [0, 0.05) is 24.8 Å². The van der Waals surface area contributed by atoms with Crippen molar-refractivity contribution in [2.45, 2.75) is 37.9 Å². The number of nitrogens with zero attached hydrogens (tertiary/aromatic N) is 1. The van der Waals surface area contributed by atoms with Crippen molar-refractivity contribution in [1.29, 1.82) is 0 Å². The number of hydrogen-bond acceptors (Lipinski definition) is 5. The van der Waals surface area contributed by atoms with Gasteiger partial charge >= 0.3 is 5.97 Å². The molecule has 0 bridgehead atoms. The molecule has 1 aliphatic rings. The molecule has 4 N–H and O–H groups in total. The van der Waals surface area contributed by atoms with E-state index in [0.29, 0.717) is 30.2 Å². The van der Waals surface area contributed by atoms with E-state index in [0.717, 1.165) is 11.1 Å². The highest BCUT2D eigenvalue weighted by Gasteiger charge is 2.34. The van der Waals surface area contributed by atoms with Crippen LogP contribution in [0, 0.1) is 0 Å². The topological polar surface area (TPSA) is 113 Å². The summed E-state index contributed by atoms with van der Waals surface area (Å²) in [5.74, 6) is -0.133. The Morgan fingerprint density at radius 1 is 1.06 bits per heavy atom. The first-order valence-electron chi connectivity index (χ1n) is 10.2.